The van der Waals surface area contributed by atoms with Crippen molar-refractivity contribution in [3.63, 3.8) is 0 Å². The van der Waals surface area contributed by atoms with Gasteiger partial charge in [0.25, 0.3) is 10.2 Å². The van der Waals surface area contributed by atoms with E-state index in [9.17, 15) is 13.2 Å². The lowest BCUT2D eigenvalue weighted by atomic mass is 10.00. The maximum atomic E-state index is 12.9. The first-order valence-corrected chi connectivity index (χ1v) is 11.1. The molecule has 1 aliphatic rings. The van der Waals surface area contributed by atoms with Gasteiger partial charge >= 0.3 is 0 Å². The van der Waals surface area contributed by atoms with Crippen molar-refractivity contribution < 1.29 is 13.2 Å². The van der Waals surface area contributed by atoms with E-state index in [0.29, 0.717) is 12.1 Å². The van der Waals surface area contributed by atoms with Gasteiger partial charge < -0.3 is 5.32 Å². The van der Waals surface area contributed by atoms with Crippen molar-refractivity contribution in [3.8, 4) is 0 Å². The van der Waals surface area contributed by atoms with Gasteiger partial charge in [0.1, 0.15) is 6.04 Å². The number of para-hydroxylation sites is 1. The largest absolute Gasteiger partial charge is 0.324 e. The fourth-order valence-corrected chi connectivity index (χ4v) is 5.06. The van der Waals surface area contributed by atoms with Gasteiger partial charge in [0.2, 0.25) is 5.91 Å². The number of aryl methyl sites for hydroxylation is 2. The topological polar surface area (TPSA) is 96.3 Å². The summed E-state index contributed by atoms with van der Waals surface area (Å²) >= 11 is 1.52. The molecule has 10 heteroatoms. The minimum atomic E-state index is -3.79. The number of amides is 1. The molecule has 1 aromatic carbocycles. The molecule has 0 saturated carbocycles. The van der Waals surface area contributed by atoms with Gasteiger partial charge in [-0.15, -0.1) is 11.8 Å². The Morgan fingerprint density at radius 3 is 2.67 bits per heavy atom. The lowest BCUT2D eigenvalue weighted by Gasteiger charge is -2.36. The summed E-state index contributed by atoms with van der Waals surface area (Å²) in [5.74, 6) is -0.351. The predicted octanol–water partition coefficient (Wildman–Crippen LogP) is 1.67. The molecular weight excluding hydrogens is 386 g/mol. The van der Waals surface area contributed by atoms with E-state index >= 15 is 0 Å². The Morgan fingerprint density at radius 1 is 1.33 bits per heavy atom. The number of nitrogens with one attached hydrogen (secondary N) is 2. The molecule has 146 valence electrons. The molecule has 0 radical (unpaired) electrons. The van der Waals surface area contributed by atoms with Crippen LogP contribution in [0.5, 0.6) is 0 Å². The molecule has 0 unspecified atom stereocenters. The van der Waals surface area contributed by atoms with Gasteiger partial charge in [-0.3, -0.25) is 9.48 Å². The van der Waals surface area contributed by atoms with Crippen LogP contribution in [-0.4, -0.2) is 47.8 Å². The molecule has 0 bridgehead atoms. The standard InChI is InChI=1S/C17H23N5O3S2/c1-11-12(10-21(2)19-11)14-9-15(22(3)27(24,25)20-14)17(23)18-13-7-5-6-8-16(13)26-4/h5-8,10,14-15,20H,9H2,1-4H3,(H,18,23)/t14-,15-/m0/s1. The first kappa shape index (κ1) is 19.9. The second-order valence-corrected chi connectivity index (χ2v) is 9.09. The molecule has 1 fully saturated rings. The van der Waals surface area contributed by atoms with E-state index in [1.807, 2.05) is 37.4 Å². The molecule has 1 aliphatic heterocycles. The molecule has 1 aromatic heterocycles. The van der Waals surface area contributed by atoms with E-state index in [1.54, 1.807) is 17.9 Å². The SMILES string of the molecule is CSc1ccccc1NC(=O)[C@@H]1C[C@@H](c2cn(C)nc2C)NS(=O)(=O)N1C. The number of carbonyl (C=O) groups is 1. The third-order valence-electron chi connectivity index (χ3n) is 4.66. The summed E-state index contributed by atoms with van der Waals surface area (Å²) in [5.41, 5.74) is 2.19. The highest BCUT2D eigenvalue weighted by molar-refractivity contribution is 7.98. The first-order valence-electron chi connectivity index (χ1n) is 8.42. The number of likely N-dealkylation sites (N-methyl/N-ethyl adjacent to an activating group) is 1. The number of thioether (sulfide) groups is 1. The van der Waals surface area contributed by atoms with Crippen LogP contribution in [0.1, 0.15) is 23.7 Å². The quantitative estimate of drug-likeness (QED) is 0.749. The number of carbonyl (C=O) groups excluding carboxylic acids is 1. The van der Waals surface area contributed by atoms with E-state index in [1.165, 1.54) is 18.8 Å². The zero-order valence-electron chi connectivity index (χ0n) is 15.6. The third kappa shape index (κ3) is 4.03. The second-order valence-electron chi connectivity index (χ2n) is 6.48. The Bertz CT molecular complexity index is 957. The van der Waals surface area contributed by atoms with Gasteiger partial charge in [0.15, 0.2) is 0 Å². The van der Waals surface area contributed by atoms with Crippen LogP contribution < -0.4 is 10.0 Å². The average Bonchev–Trinajstić information content (AvgIpc) is 2.95. The summed E-state index contributed by atoms with van der Waals surface area (Å²) in [6, 6.07) is 6.11. The van der Waals surface area contributed by atoms with Crippen LogP contribution in [0.25, 0.3) is 0 Å². The highest BCUT2D eigenvalue weighted by Gasteiger charge is 2.41. The van der Waals surface area contributed by atoms with E-state index in [-0.39, 0.29) is 5.91 Å². The Hall–Kier alpha value is -1.88. The van der Waals surface area contributed by atoms with E-state index in [0.717, 1.165) is 20.5 Å². The molecule has 3 rings (SSSR count). The summed E-state index contributed by atoms with van der Waals surface area (Å²) in [6.45, 7) is 1.83. The number of hydrogen-bond acceptors (Lipinski definition) is 5. The molecule has 0 aliphatic carbocycles. The molecule has 0 spiro atoms. The normalized spacial score (nSPS) is 22.5. The van der Waals surface area contributed by atoms with Crippen molar-refractivity contribution in [1.82, 2.24) is 18.8 Å². The summed E-state index contributed by atoms with van der Waals surface area (Å²) in [4.78, 5) is 13.8. The van der Waals surface area contributed by atoms with Crippen molar-refractivity contribution in [2.45, 2.75) is 30.3 Å². The van der Waals surface area contributed by atoms with Crippen LogP contribution in [0.3, 0.4) is 0 Å². The van der Waals surface area contributed by atoms with Gasteiger partial charge in [-0.05, 0) is 31.7 Å². The minimum Gasteiger partial charge on any atom is -0.324 e. The number of rotatable bonds is 4. The highest BCUT2D eigenvalue weighted by atomic mass is 32.2. The van der Waals surface area contributed by atoms with Crippen LogP contribution in [0, 0.1) is 6.92 Å². The van der Waals surface area contributed by atoms with Crippen molar-refractivity contribution in [3.05, 3.63) is 41.7 Å². The molecule has 2 atom stereocenters. The predicted molar refractivity (Wildman–Crippen MR) is 106 cm³/mol. The summed E-state index contributed by atoms with van der Waals surface area (Å²) in [7, 11) is -0.591. The lowest BCUT2D eigenvalue weighted by molar-refractivity contribution is -0.120. The van der Waals surface area contributed by atoms with Crippen LogP contribution >= 0.6 is 11.8 Å². The van der Waals surface area contributed by atoms with Crippen LogP contribution in [0.2, 0.25) is 0 Å². The molecular formula is C17H23N5O3S2. The molecule has 1 amide bonds. The first-order chi connectivity index (χ1) is 12.7. The monoisotopic (exact) mass is 409 g/mol. The van der Waals surface area contributed by atoms with Gasteiger partial charge in [0.05, 0.1) is 17.4 Å². The van der Waals surface area contributed by atoms with Crippen LogP contribution in [-0.2, 0) is 22.1 Å². The maximum Gasteiger partial charge on any atom is 0.280 e. The Labute approximate surface area is 163 Å². The lowest BCUT2D eigenvalue weighted by Crippen LogP contribution is -2.56. The molecule has 1 saturated heterocycles. The second kappa shape index (κ2) is 7.63. The molecule has 2 N–H and O–H groups in total. The minimum absolute atomic E-state index is 0.315. The number of aromatic nitrogens is 2. The van der Waals surface area contributed by atoms with Crippen molar-refractivity contribution >= 4 is 33.6 Å². The van der Waals surface area contributed by atoms with E-state index in [2.05, 4.69) is 15.1 Å². The fraction of sp³-hybridized carbons (Fsp3) is 0.412. The van der Waals surface area contributed by atoms with Crippen LogP contribution in [0.4, 0.5) is 5.69 Å². The molecule has 27 heavy (non-hydrogen) atoms. The van der Waals surface area contributed by atoms with Crippen LogP contribution in [0.15, 0.2) is 35.4 Å². The zero-order chi connectivity index (χ0) is 19.8. The zero-order valence-corrected chi connectivity index (χ0v) is 17.3. The van der Waals surface area contributed by atoms with E-state index < -0.39 is 22.3 Å². The van der Waals surface area contributed by atoms with Crippen molar-refractivity contribution in [1.29, 1.82) is 0 Å². The number of anilines is 1. The third-order valence-corrected chi connectivity index (χ3v) is 7.05. The van der Waals surface area contributed by atoms with Gasteiger partial charge in [-0.2, -0.15) is 22.5 Å². The van der Waals surface area contributed by atoms with Gasteiger partial charge in [-0.1, -0.05) is 12.1 Å². The molecule has 2 heterocycles. The molecule has 8 nitrogen and oxygen atoms in total. The Kier molecular flexibility index (Phi) is 5.61. The number of nitrogens with zero attached hydrogens (tertiary/aromatic N) is 3. The Balaban J connectivity index is 1.88. The summed E-state index contributed by atoms with van der Waals surface area (Å²) in [6.07, 6.45) is 4.02. The van der Waals surface area contributed by atoms with Crippen molar-refractivity contribution in [2.75, 3.05) is 18.6 Å². The van der Waals surface area contributed by atoms with E-state index in [4.69, 9.17) is 0 Å². The maximum absolute atomic E-state index is 12.9. The average molecular weight is 410 g/mol. The Morgan fingerprint density at radius 2 is 2.04 bits per heavy atom. The number of hydrogen-bond donors (Lipinski definition) is 2. The highest BCUT2D eigenvalue weighted by Crippen LogP contribution is 2.31. The summed E-state index contributed by atoms with van der Waals surface area (Å²) < 4.78 is 30.5. The number of benzene rings is 1. The fourth-order valence-electron chi connectivity index (χ4n) is 3.24. The van der Waals surface area contributed by atoms with Gasteiger partial charge in [-0.25, -0.2) is 0 Å². The van der Waals surface area contributed by atoms with Crippen molar-refractivity contribution in [2.24, 2.45) is 7.05 Å². The summed E-state index contributed by atoms with van der Waals surface area (Å²) in [5, 5.41) is 7.15. The smallest absolute Gasteiger partial charge is 0.280 e. The van der Waals surface area contributed by atoms with Gasteiger partial charge in [0, 0.05) is 30.8 Å². The molecule has 2 aromatic rings.